The van der Waals surface area contributed by atoms with Gasteiger partial charge in [0.25, 0.3) is 0 Å². The Balaban J connectivity index is 0.000000229. The number of carbonyl (C=O) groups is 1. The molecule has 0 aliphatic rings. The molecule has 4 rings (SSSR count). The summed E-state index contributed by atoms with van der Waals surface area (Å²) in [6, 6.07) is 10.5. The van der Waals surface area contributed by atoms with Gasteiger partial charge in [-0.1, -0.05) is 0 Å². The quantitative estimate of drug-likeness (QED) is 0.243. The third-order valence-electron chi connectivity index (χ3n) is 4.72. The van der Waals surface area contributed by atoms with E-state index in [2.05, 4.69) is 0 Å². The number of phenolic OH excluding ortho intramolecular Hbond substituents is 6. The first kappa shape index (κ1) is 23.8. The monoisotopic (exact) mass is 468 g/mol. The van der Waals surface area contributed by atoms with Crippen LogP contribution in [0.5, 0.6) is 40.2 Å². The van der Waals surface area contributed by atoms with Crippen LogP contribution in [0, 0.1) is 0 Å². The van der Waals surface area contributed by atoms with E-state index in [1.165, 1.54) is 38.3 Å². The van der Waals surface area contributed by atoms with Crippen LogP contribution in [-0.4, -0.2) is 43.5 Å². The SMILES string of the molecule is CC(=O)c1c(O)cc(O)cc1O.COc1c(O)cc2oc(-c3ccc(O)cc3)cc(=O)c2c1O. The zero-order valence-corrected chi connectivity index (χ0v) is 17.9. The molecule has 1 heterocycles. The molecule has 0 spiro atoms. The first-order valence-corrected chi connectivity index (χ1v) is 9.65. The molecule has 10 heteroatoms. The van der Waals surface area contributed by atoms with Crippen LogP contribution in [0.25, 0.3) is 22.3 Å². The first-order valence-electron chi connectivity index (χ1n) is 9.65. The number of hydrogen-bond donors (Lipinski definition) is 6. The Morgan fingerprint density at radius 2 is 1.41 bits per heavy atom. The Morgan fingerprint density at radius 1 is 0.824 bits per heavy atom. The van der Waals surface area contributed by atoms with Gasteiger partial charge in [-0.15, -0.1) is 0 Å². The van der Waals surface area contributed by atoms with Crippen molar-refractivity contribution in [1.29, 1.82) is 0 Å². The predicted molar refractivity (Wildman–Crippen MR) is 121 cm³/mol. The Bertz CT molecular complexity index is 1410. The smallest absolute Gasteiger partial charge is 0.203 e. The number of benzene rings is 3. The number of phenols is 6. The second-order valence-corrected chi connectivity index (χ2v) is 7.09. The molecule has 6 N–H and O–H groups in total. The van der Waals surface area contributed by atoms with Crippen LogP contribution in [0.1, 0.15) is 17.3 Å². The van der Waals surface area contributed by atoms with Crippen molar-refractivity contribution in [2.24, 2.45) is 0 Å². The van der Waals surface area contributed by atoms with E-state index in [0.29, 0.717) is 5.56 Å². The number of Topliss-reactive ketones (excluding diaryl/α,β-unsaturated/α-hetero) is 1. The molecule has 34 heavy (non-hydrogen) atoms. The maximum Gasteiger partial charge on any atom is 0.203 e. The fourth-order valence-corrected chi connectivity index (χ4v) is 3.20. The minimum atomic E-state index is -0.472. The van der Waals surface area contributed by atoms with Gasteiger partial charge in [0, 0.05) is 29.8 Å². The zero-order chi connectivity index (χ0) is 25.2. The van der Waals surface area contributed by atoms with Gasteiger partial charge in [-0.05, 0) is 31.2 Å². The minimum Gasteiger partial charge on any atom is -0.508 e. The summed E-state index contributed by atoms with van der Waals surface area (Å²) in [5, 5.41) is 56.1. The minimum absolute atomic E-state index is 0.0337. The van der Waals surface area contributed by atoms with Crippen LogP contribution < -0.4 is 10.2 Å². The van der Waals surface area contributed by atoms with Gasteiger partial charge in [0.2, 0.25) is 5.75 Å². The lowest BCUT2D eigenvalue weighted by molar-refractivity contribution is 0.101. The predicted octanol–water partition coefficient (Wildman–Crippen LogP) is 3.59. The number of ether oxygens (including phenoxy) is 1. The van der Waals surface area contributed by atoms with Gasteiger partial charge in [0.15, 0.2) is 22.7 Å². The third kappa shape index (κ3) is 4.65. The van der Waals surface area contributed by atoms with Crippen molar-refractivity contribution in [2.45, 2.75) is 6.92 Å². The second-order valence-electron chi connectivity index (χ2n) is 7.09. The number of hydrogen-bond acceptors (Lipinski definition) is 10. The van der Waals surface area contributed by atoms with Crippen LogP contribution in [0.2, 0.25) is 0 Å². The van der Waals surface area contributed by atoms with Gasteiger partial charge in [0.1, 0.15) is 45.3 Å². The molecule has 0 aliphatic carbocycles. The molecule has 0 saturated heterocycles. The number of rotatable bonds is 3. The molecule has 3 aromatic carbocycles. The largest absolute Gasteiger partial charge is 0.508 e. The summed E-state index contributed by atoms with van der Waals surface area (Å²) >= 11 is 0. The molecule has 0 bridgehead atoms. The molecule has 0 atom stereocenters. The zero-order valence-electron chi connectivity index (χ0n) is 17.9. The van der Waals surface area contributed by atoms with Crippen molar-refractivity contribution in [2.75, 3.05) is 7.11 Å². The van der Waals surface area contributed by atoms with Crippen LogP contribution in [0.3, 0.4) is 0 Å². The van der Waals surface area contributed by atoms with Crippen LogP contribution in [0.15, 0.2) is 57.7 Å². The molecule has 0 radical (unpaired) electrons. The fourth-order valence-electron chi connectivity index (χ4n) is 3.20. The Hall–Kier alpha value is -4.86. The highest BCUT2D eigenvalue weighted by atomic mass is 16.5. The summed E-state index contributed by atoms with van der Waals surface area (Å²) in [7, 11) is 1.27. The van der Waals surface area contributed by atoms with E-state index in [1.807, 2.05) is 0 Å². The van der Waals surface area contributed by atoms with E-state index >= 15 is 0 Å². The summed E-state index contributed by atoms with van der Waals surface area (Å²) in [5.74, 6) is -2.22. The molecular formula is C24H20O10. The number of carbonyl (C=O) groups excluding carboxylic acids is 1. The Labute approximate surface area is 191 Å². The summed E-state index contributed by atoms with van der Waals surface area (Å²) in [6.45, 7) is 1.21. The van der Waals surface area contributed by atoms with E-state index in [4.69, 9.17) is 24.5 Å². The van der Waals surface area contributed by atoms with Crippen LogP contribution in [0.4, 0.5) is 0 Å². The van der Waals surface area contributed by atoms with Gasteiger partial charge in [0.05, 0.1) is 7.11 Å². The Kier molecular flexibility index (Phi) is 6.53. The lowest BCUT2D eigenvalue weighted by Gasteiger charge is -2.09. The normalized spacial score (nSPS) is 10.4. The molecule has 0 saturated carbocycles. The molecule has 1 aromatic heterocycles. The molecule has 10 nitrogen and oxygen atoms in total. The van der Waals surface area contributed by atoms with Crippen molar-refractivity contribution in [3.63, 3.8) is 0 Å². The summed E-state index contributed by atoms with van der Waals surface area (Å²) in [6.07, 6.45) is 0. The molecule has 0 unspecified atom stereocenters. The Morgan fingerprint density at radius 3 is 1.94 bits per heavy atom. The number of fused-ring (bicyclic) bond motifs is 1. The lowest BCUT2D eigenvalue weighted by atomic mass is 10.1. The second kappa shape index (κ2) is 9.33. The molecule has 0 amide bonds. The highest BCUT2D eigenvalue weighted by Gasteiger charge is 2.18. The van der Waals surface area contributed by atoms with E-state index in [-0.39, 0.29) is 45.3 Å². The average Bonchev–Trinajstić information content (AvgIpc) is 2.73. The summed E-state index contributed by atoms with van der Waals surface area (Å²) < 4.78 is 10.4. The van der Waals surface area contributed by atoms with Gasteiger partial charge in [-0.3, -0.25) is 9.59 Å². The van der Waals surface area contributed by atoms with Crippen LogP contribution >= 0.6 is 0 Å². The molecule has 0 aliphatic heterocycles. The van der Waals surface area contributed by atoms with Gasteiger partial charge in [-0.25, -0.2) is 0 Å². The third-order valence-corrected chi connectivity index (χ3v) is 4.72. The van der Waals surface area contributed by atoms with Crippen molar-refractivity contribution < 1.29 is 44.6 Å². The maximum absolute atomic E-state index is 12.2. The van der Waals surface area contributed by atoms with E-state index in [9.17, 15) is 24.9 Å². The maximum atomic E-state index is 12.2. The van der Waals surface area contributed by atoms with Crippen molar-refractivity contribution in [1.82, 2.24) is 0 Å². The highest BCUT2D eigenvalue weighted by Crippen LogP contribution is 2.41. The number of ketones is 1. The van der Waals surface area contributed by atoms with Gasteiger partial charge >= 0.3 is 0 Å². The number of aromatic hydroxyl groups is 6. The molecule has 176 valence electrons. The molecular weight excluding hydrogens is 448 g/mol. The van der Waals surface area contributed by atoms with E-state index in [0.717, 1.165) is 12.1 Å². The van der Waals surface area contributed by atoms with E-state index < -0.39 is 28.5 Å². The van der Waals surface area contributed by atoms with Gasteiger partial charge < -0.3 is 39.8 Å². The highest BCUT2D eigenvalue weighted by molar-refractivity contribution is 5.99. The molecule has 0 fully saturated rings. The standard InChI is InChI=1S/C16H12O6.C8H8O4/c1-21-16-11(19)7-13-14(15(16)20)10(18)6-12(22-13)8-2-4-9(17)5-3-8;1-4(9)8-6(11)2-5(10)3-7(8)12/h2-7,17,19-20H,1H3;2-3,10-12H,1H3. The average molecular weight is 468 g/mol. The first-order chi connectivity index (χ1) is 16.0. The molecule has 4 aromatic rings. The van der Waals surface area contributed by atoms with Crippen molar-refractivity contribution in [3.05, 3.63) is 64.3 Å². The van der Waals surface area contributed by atoms with Gasteiger partial charge in [-0.2, -0.15) is 0 Å². The summed E-state index contributed by atoms with van der Waals surface area (Å²) in [4.78, 5) is 23.0. The van der Waals surface area contributed by atoms with E-state index in [1.54, 1.807) is 12.1 Å². The lowest BCUT2D eigenvalue weighted by Crippen LogP contribution is -2.01. The topological polar surface area (TPSA) is 178 Å². The van der Waals surface area contributed by atoms with Crippen molar-refractivity contribution >= 4 is 16.8 Å². The van der Waals surface area contributed by atoms with Crippen molar-refractivity contribution in [3.8, 4) is 51.6 Å². The fraction of sp³-hybridized carbons (Fsp3) is 0.0833. The van der Waals surface area contributed by atoms with Crippen LogP contribution in [-0.2, 0) is 0 Å². The number of methoxy groups -OCH3 is 1. The summed E-state index contributed by atoms with van der Waals surface area (Å²) in [5.41, 5.74) is -0.0362.